The molecule has 1 fully saturated rings. The van der Waals surface area contributed by atoms with E-state index < -0.39 is 5.92 Å². The molecule has 3 amide bonds. The number of halogens is 1. The first-order valence-electron chi connectivity index (χ1n) is 10.0. The number of nitrogens with zero attached hydrogens (tertiary/aromatic N) is 2. The highest BCUT2D eigenvalue weighted by Gasteiger charge is 2.37. The molecule has 6 nitrogen and oxygen atoms in total. The summed E-state index contributed by atoms with van der Waals surface area (Å²) in [6, 6.07) is 21.0. The molecule has 1 aliphatic heterocycles. The molecule has 3 aromatic carbocycles. The molecule has 4 rings (SSSR count). The Labute approximate surface area is 189 Å². The lowest BCUT2D eigenvalue weighted by atomic mass is 10.1. The maximum atomic E-state index is 12.9. The zero-order valence-electron chi connectivity index (χ0n) is 17.0. The van der Waals surface area contributed by atoms with E-state index in [9.17, 15) is 14.4 Å². The number of anilines is 2. The van der Waals surface area contributed by atoms with Gasteiger partial charge in [-0.3, -0.25) is 14.4 Å². The smallest absolute Gasteiger partial charge is 0.244 e. The summed E-state index contributed by atoms with van der Waals surface area (Å²) in [6.45, 7) is 0.223. The Morgan fingerprint density at radius 2 is 1.77 bits per heavy atom. The maximum Gasteiger partial charge on any atom is 0.244 e. The Balaban J connectivity index is 1.43. The average Bonchev–Trinajstić information content (AvgIpc) is 3.15. The largest absolute Gasteiger partial charge is 0.336 e. The highest BCUT2D eigenvalue weighted by molar-refractivity contribution is 9.10. The molecule has 1 atom stereocenters. The topological polar surface area (TPSA) is 69.7 Å². The van der Waals surface area contributed by atoms with Crippen molar-refractivity contribution in [2.24, 2.45) is 5.92 Å². The molecule has 3 aromatic rings. The number of carbonyl (C=O) groups excluding carboxylic acids is 3. The van der Waals surface area contributed by atoms with Crippen molar-refractivity contribution in [1.82, 2.24) is 4.90 Å². The number of rotatable bonds is 5. The zero-order chi connectivity index (χ0) is 22.0. The van der Waals surface area contributed by atoms with Crippen LogP contribution in [0.4, 0.5) is 11.4 Å². The van der Waals surface area contributed by atoms with E-state index in [1.165, 1.54) is 4.90 Å². The number of hydrogen-bond donors (Lipinski definition) is 1. The summed E-state index contributed by atoms with van der Waals surface area (Å²) in [5.41, 5.74) is 1.46. The third-order valence-corrected chi connectivity index (χ3v) is 6.13. The fourth-order valence-corrected chi connectivity index (χ4v) is 4.29. The predicted molar refractivity (Wildman–Crippen MR) is 125 cm³/mol. The van der Waals surface area contributed by atoms with Crippen LogP contribution >= 0.6 is 15.9 Å². The van der Waals surface area contributed by atoms with Crippen molar-refractivity contribution < 1.29 is 14.4 Å². The Hall–Kier alpha value is -3.19. The lowest BCUT2D eigenvalue weighted by Crippen LogP contribution is -2.39. The third-order valence-electron chi connectivity index (χ3n) is 5.44. The van der Waals surface area contributed by atoms with Gasteiger partial charge in [-0.25, -0.2) is 0 Å². The molecule has 0 saturated carbocycles. The van der Waals surface area contributed by atoms with Gasteiger partial charge in [0.25, 0.3) is 0 Å². The van der Waals surface area contributed by atoms with Crippen LogP contribution in [0.5, 0.6) is 0 Å². The van der Waals surface area contributed by atoms with Gasteiger partial charge in [0.15, 0.2) is 0 Å². The van der Waals surface area contributed by atoms with Gasteiger partial charge >= 0.3 is 0 Å². The van der Waals surface area contributed by atoms with E-state index in [2.05, 4.69) is 21.2 Å². The Morgan fingerprint density at radius 1 is 1.06 bits per heavy atom. The summed E-state index contributed by atoms with van der Waals surface area (Å²) in [5, 5.41) is 4.82. The van der Waals surface area contributed by atoms with Gasteiger partial charge in [0, 0.05) is 29.9 Å². The molecule has 1 heterocycles. The normalized spacial score (nSPS) is 15.9. The van der Waals surface area contributed by atoms with Gasteiger partial charge in [-0.05, 0) is 39.5 Å². The van der Waals surface area contributed by atoms with E-state index in [4.69, 9.17) is 0 Å². The van der Waals surface area contributed by atoms with E-state index in [0.29, 0.717) is 12.2 Å². The van der Waals surface area contributed by atoms with Crippen LogP contribution < -0.4 is 10.2 Å². The van der Waals surface area contributed by atoms with Crippen molar-refractivity contribution in [3.63, 3.8) is 0 Å². The fourth-order valence-electron chi connectivity index (χ4n) is 3.91. The van der Waals surface area contributed by atoms with Crippen LogP contribution in [0, 0.1) is 5.92 Å². The monoisotopic (exact) mass is 479 g/mol. The van der Waals surface area contributed by atoms with Crippen LogP contribution in [0.2, 0.25) is 0 Å². The molecule has 7 heteroatoms. The van der Waals surface area contributed by atoms with Crippen LogP contribution in [0.15, 0.2) is 71.2 Å². The number of amides is 3. The highest BCUT2D eigenvalue weighted by atomic mass is 79.9. The SMILES string of the molecule is CN(CC(=O)Nc1ccccc1Br)C(=O)C1CC(=O)N(c2cccc3ccccc23)C1. The second-order valence-electron chi connectivity index (χ2n) is 7.63. The molecular weight excluding hydrogens is 458 g/mol. The van der Waals surface area contributed by atoms with Crippen LogP contribution in [0.25, 0.3) is 10.8 Å². The molecule has 158 valence electrons. The fraction of sp³-hybridized carbons (Fsp3) is 0.208. The second kappa shape index (κ2) is 8.89. The first kappa shape index (κ1) is 21.1. The summed E-state index contributed by atoms with van der Waals surface area (Å²) in [5.74, 6) is -1.06. The summed E-state index contributed by atoms with van der Waals surface area (Å²) in [4.78, 5) is 41.1. The van der Waals surface area contributed by atoms with Gasteiger partial charge in [-0.2, -0.15) is 0 Å². The molecule has 1 unspecified atom stereocenters. The summed E-state index contributed by atoms with van der Waals surface area (Å²) in [7, 11) is 1.59. The van der Waals surface area contributed by atoms with E-state index in [1.807, 2.05) is 60.7 Å². The van der Waals surface area contributed by atoms with Crippen molar-refractivity contribution in [3.05, 3.63) is 71.2 Å². The minimum atomic E-state index is -0.479. The van der Waals surface area contributed by atoms with Crippen LogP contribution in [0.1, 0.15) is 6.42 Å². The first-order valence-corrected chi connectivity index (χ1v) is 10.8. The molecule has 0 spiro atoms. The number of benzene rings is 3. The van der Waals surface area contributed by atoms with Crippen molar-refractivity contribution in [3.8, 4) is 0 Å². The molecule has 1 saturated heterocycles. The van der Waals surface area contributed by atoms with Crippen LogP contribution in [0.3, 0.4) is 0 Å². The van der Waals surface area contributed by atoms with E-state index in [-0.39, 0.29) is 30.7 Å². The van der Waals surface area contributed by atoms with Crippen LogP contribution in [-0.2, 0) is 14.4 Å². The number of para-hydroxylation sites is 1. The van der Waals surface area contributed by atoms with Crippen LogP contribution in [-0.4, -0.2) is 42.8 Å². The standard InChI is InChI=1S/C24H22BrN3O3/c1-27(15-22(29)26-20-11-5-4-10-19(20)25)24(31)17-13-23(30)28(14-17)21-12-6-8-16-7-2-3-9-18(16)21/h2-12,17H,13-15H2,1H3,(H,26,29). The van der Waals surface area contributed by atoms with Crippen molar-refractivity contribution in [2.45, 2.75) is 6.42 Å². The Morgan fingerprint density at radius 3 is 2.58 bits per heavy atom. The first-order chi connectivity index (χ1) is 14.9. The average molecular weight is 480 g/mol. The number of carbonyl (C=O) groups is 3. The molecule has 0 radical (unpaired) electrons. The van der Waals surface area contributed by atoms with Crippen molar-refractivity contribution >= 4 is 55.8 Å². The summed E-state index contributed by atoms with van der Waals surface area (Å²) >= 11 is 3.39. The minimum Gasteiger partial charge on any atom is -0.336 e. The quantitative estimate of drug-likeness (QED) is 0.599. The Kier molecular flexibility index (Phi) is 6.04. The van der Waals surface area contributed by atoms with Gasteiger partial charge in [0.1, 0.15) is 0 Å². The summed E-state index contributed by atoms with van der Waals surface area (Å²) < 4.78 is 0.768. The lowest BCUT2D eigenvalue weighted by molar-refractivity contribution is -0.137. The van der Waals surface area contributed by atoms with E-state index in [0.717, 1.165) is 20.9 Å². The number of hydrogen-bond acceptors (Lipinski definition) is 3. The molecule has 1 aliphatic rings. The molecule has 0 aromatic heterocycles. The minimum absolute atomic E-state index is 0.0826. The molecule has 1 N–H and O–H groups in total. The maximum absolute atomic E-state index is 12.9. The van der Waals surface area contributed by atoms with Crippen molar-refractivity contribution in [2.75, 3.05) is 30.4 Å². The van der Waals surface area contributed by atoms with Gasteiger partial charge in [0.2, 0.25) is 17.7 Å². The van der Waals surface area contributed by atoms with Gasteiger partial charge in [-0.15, -0.1) is 0 Å². The Bertz CT molecular complexity index is 1160. The molecule has 0 aliphatic carbocycles. The number of fused-ring (bicyclic) bond motifs is 1. The predicted octanol–water partition coefficient (Wildman–Crippen LogP) is 4.05. The zero-order valence-corrected chi connectivity index (χ0v) is 18.6. The van der Waals surface area contributed by atoms with E-state index in [1.54, 1.807) is 18.0 Å². The van der Waals surface area contributed by atoms with Gasteiger partial charge in [-0.1, -0.05) is 48.5 Å². The number of nitrogens with one attached hydrogen (secondary N) is 1. The number of likely N-dealkylation sites (N-methyl/N-ethyl adjacent to an activating group) is 1. The molecular formula is C24H22BrN3O3. The second-order valence-corrected chi connectivity index (χ2v) is 8.48. The van der Waals surface area contributed by atoms with Gasteiger partial charge < -0.3 is 15.1 Å². The van der Waals surface area contributed by atoms with Gasteiger partial charge in [0.05, 0.1) is 23.8 Å². The lowest BCUT2D eigenvalue weighted by Gasteiger charge is -2.22. The summed E-state index contributed by atoms with van der Waals surface area (Å²) in [6.07, 6.45) is 0.137. The molecule has 31 heavy (non-hydrogen) atoms. The van der Waals surface area contributed by atoms with E-state index >= 15 is 0 Å². The molecule has 0 bridgehead atoms. The third kappa shape index (κ3) is 4.46. The highest BCUT2D eigenvalue weighted by Crippen LogP contribution is 2.32. The van der Waals surface area contributed by atoms with Crippen molar-refractivity contribution in [1.29, 1.82) is 0 Å².